The van der Waals surface area contributed by atoms with Gasteiger partial charge in [0.2, 0.25) is 0 Å². The molecule has 0 amide bonds. The Labute approximate surface area is 102 Å². The predicted octanol–water partition coefficient (Wildman–Crippen LogP) is 2.27. The standard InChI is InChI=1S/C14H16O3/c1-16-11-7-2-3-8-12-17-14(15)13-9-5-4-6-10-13/h4-6,9-10H,2,7,11-12H2,1H3. The van der Waals surface area contributed by atoms with E-state index in [1.165, 1.54) is 0 Å². The molecule has 1 aromatic rings. The molecule has 17 heavy (non-hydrogen) atoms. The van der Waals surface area contributed by atoms with Gasteiger partial charge in [-0.05, 0) is 18.6 Å². The van der Waals surface area contributed by atoms with Crippen molar-refractivity contribution < 1.29 is 14.3 Å². The van der Waals surface area contributed by atoms with E-state index in [1.54, 1.807) is 31.4 Å². The Morgan fingerprint density at radius 1 is 1.24 bits per heavy atom. The fraction of sp³-hybridized carbons (Fsp3) is 0.357. The van der Waals surface area contributed by atoms with Crippen molar-refractivity contribution in [2.45, 2.75) is 12.8 Å². The average Bonchev–Trinajstić information content (AvgIpc) is 2.38. The lowest BCUT2D eigenvalue weighted by Gasteiger charge is -1.99. The van der Waals surface area contributed by atoms with Crippen molar-refractivity contribution in [1.29, 1.82) is 0 Å². The Kier molecular flexibility index (Phi) is 6.54. The average molecular weight is 232 g/mol. The van der Waals surface area contributed by atoms with Crippen molar-refractivity contribution in [2.24, 2.45) is 0 Å². The molecule has 0 bridgehead atoms. The third-order valence-corrected chi connectivity index (χ3v) is 2.06. The second kappa shape index (κ2) is 8.37. The van der Waals surface area contributed by atoms with Crippen LogP contribution in [0.2, 0.25) is 0 Å². The Morgan fingerprint density at radius 2 is 2.00 bits per heavy atom. The molecule has 0 N–H and O–H groups in total. The molecular formula is C14H16O3. The molecule has 0 atom stereocenters. The Balaban J connectivity index is 2.21. The molecule has 0 spiro atoms. The summed E-state index contributed by atoms with van der Waals surface area (Å²) in [6.45, 7) is 0.846. The molecule has 0 fully saturated rings. The van der Waals surface area contributed by atoms with E-state index in [2.05, 4.69) is 11.8 Å². The first kappa shape index (κ1) is 13.3. The Bertz CT molecular complexity index is 387. The summed E-state index contributed by atoms with van der Waals surface area (Å²) in [6, 6.07) is 8.88. The van der Waals surface area contributed by atoms with Crippen LogP contribution in [0.25, 0.3) is 0 Å². The molecule has 3 heteroatoms. The number of hydrogen-bond donors (Lipinski definition) is 0. The molecule has 3 nitrogen and oxygen atoms in total. The zero-order valence-corrected chi connectivity index (χ0v) is 9.94. The molecular weight excluding hydrogens is 216 g/mol. The van der Waals surface area contributed by atoms with Crippen LogP contribution < -0.4 is 0 Å². The normalized spacial score (nSPS) is 9.24. The van der Waals surface area contributed by atoms with E-state index in [0.29, 0.717) is 12.2 Å². The van der Waals surface area contributed by atoms with Gasteiger partial charge in [-0.15, -0.1) is 0 Å². The van der Waals surface area contributed by atoms with E-state index in [9.17, 15) is 4.79 Å². The quantitative estimate of drug-likeness (QED) is 0.444. The van der Waals surface area contributed by atoms with Gasteiger partial charge < -0.3 is 9.47 Å². The van der Waals surface area contributed by atoms with E-state index < -0.39 is 0 Å². The topological polar surface area (TPSA) is 35.5 Å². The van der Waals surface area contributed by atoms with Crippen LogP contribution in [-0.4, -0.2) is 26.3 Å². The second-order valence-electron chi connectivity index (χ2n) is 3.39. The summed E-state index contributed by atoms with van der Waals surface area (Å²) in [6.07, 6.45) is 1.66. The molecule has 0 heterocycles. The summed E-state index contributed by atoms with van der Waals surface area (Å²) >= 11 is 0. The summed E-state index contributed by atoms with van der Waals surface area (Å²) in [5.74, 6) is 5.38. The van der Waals surface area contributed by atoms with Gasteiger partial charge in [0, 0.05) is 20.1 Å². The number of unbranched alkanes of at least 4 members (excludes halogenated alkanes) is 1. The second-order valence-corrected chi connectivity index (χ2v) is 3.39. The Hall–Kier alpha value is -1.79. The molecule has 90 valence electrons. The summed E-state index contributed by atoms with van der Waals surface area (Å²) in [5, 5.41) is 0. The number of methoxy groups -OCH3 is 1. The van der Waals surface area contributed by atoms with E-state index in [4.69, 9.17) is 9.47 Å². The largest absolute Gasteiger partial charge is 0.449 e. The number of hydrogen-bond acceptors (Lipinski definition) is 3. The number of carbonyl (C=O) groups excluding carboxylic acids is 1. The minimum Gasteiger partial charge on any atom is -0.449 e. The molecule has 1 aromatic carbocycles. The van der Waals surface area contributed by atoms with Gasteiger partial charge in [-0.2, -0.15) is 0 Å². The molecule has 0 radical (unpaired) electrons. The Morgan fingerprint density at radius 3 is 2.71 bits per heavy atom. The monoisotopic (exact) mass is 232 g/mol. The molecule has 0 aliphatic heterocycles. The fourth-order valence-corrected chi connectivity index (χ4v) is 1.20. The lowest BCUT2D eigenvalue weighted by Crippen LogP contribution is -2.04. The number of ether oxygens (including phenoxy) is 2. The molecule has 0 aliphatic rings. The zero-order chi connectivity index (χ0) is 12.3. The predicted molar refractivity (Wildman–Crippen MR) is 65.6 cm³/mol. The van der Waals surface area contributed by atoms with Gasteiger partial charge in [0.15, 0.2) is 6.61 Å². The number of rotatable bonds is 5. The van der Waals surface area contributed by atoms with Crippen LogP contribution in [0.3, 0.4) is 0 Å². The van der Waals surface area contributed by atoms with Gasteiger partial charge in [0.05, 0.1) is 5.56 Å². The van der Waals surface area contributed by atoms with Gasteiger partial charge in [0.25, 0.3) is 0 Å². The molecule has 0 saturated heterocycles. The zero-order valence-electron chi connectivity index (χ0n) is 9.94. The molecule has 0 unspecified atom stereocenters. The highest BCUT2D eigenvalue weighted by Gasteiger charge is 2.03. The maximum absolute atomic E-state index is 11.5. The minimum atomic E-state index is -0.336. The first-order chi connectivity index (χ1) is 8.34. The van der Waals surface area contributed by atoms with Crippen LogP contribution in [0.5, 0.6) is 0 Å². The maximum Gasteiger partial charge on any atom is 0.339 e. The lowest BCUT2D eigenvalue weighted by atomic mass is 10.2. The minimum absolute atomic E-state index is 0.140. The van der Waals surface area contributed by atoms with Crippen LogP contribution in [0.15, 0.2) is 30.3 Å². The highest BCUT2D eigenvalue weighted by molar-refractivity contribution is 5.89. The van der Waals surface area contributed by atoms with E-state index in [-0.39, 0.29) is 12.6 Å². The summed E-state index contributed by atoms with van der Waals surface area (Å²) < 4.78 is 9.88. The summed E-state index contributed by atoms with van der Waals surface area (Å²) in [5.41, 5.74) is 0.550. The van der Waals surface area contributed by atoms with Crippen molar-refractivity contribution in [2.75, 3.05) is 20.3 Å². The van der Waals surface area contributed by atoms with Crippen LogP contribution >= 0.6 is 0 Å². The maximum atomic E-state index is 11.5. The van der Waals surface area contributed by atoms with Gasteiger partial charge in [0.1, 0.15) is 0 Å². The third-order valence-electron chi connectivity index (χ3n) is 2.06. The summed E-state index contributed by atoms with van der Waals surface area (Å²) in [7, 11) is 1.66. The van der Waals surface area contributed by atoms with Crippen molar-refractivity contribution in [1.82, 2.24) is 0 Å². The first-order valence-corrected chi connectivity index (χ1v) is 5.51. The fourth-order valence-electron chi connectivity index (χ4n) is 1.20. The van der Waals surface area contributed by atoms with Gasteiger partial charge in [-0.1, -0.05) is 30.0 Å². The van der Waals surface area contributed by atoms with E-state index >= 15 is 0 Å². The SMILES string of the molecule is COCCCC#CCOC(=O)c1ccccc1. The van der Waals surface area contributed by atoms with E-state index in [1.807, 2.05) is 6.07 Å². The molecule has 0 aromatic heterocycles. The highest BCUT2D eigenvalue weighted by atomic mass is 16.5. The highest BCUT2D eigenvalue weighted by Crippen LogP contribution is 2.00. The van der Waals surface area contributed by atoms with Crippen LogP contribution in [0, 0.1) is 11.8 Å². The van der Waals surface area contributed by atoms with Crippen molar-refractivity contribution in [3.05, 3.63) is 35.9 Å². The molecule has 1 rings (SSSR count). The summed E-state index contributed by atoms with van der Waals surface area (Å²) in [4.78, 5) is 11.5. The third kappa shape index (κ3) is 5.74. The van der Waals surface area contributed by atoms with Crippen LogP contribution in [-0.2, 0) is 9.47 Å². The lowest BCUT2D eigenvalue weighted by molar-refractivity contribution is 0.0556. The number of esters is 1. The van der Waals surface area contributed by atoms with Gasteiger partial charge in [-0.25, -0.2) is 4.79 Å². The number of carbonyl (C=O) groups is 1. The van der Waals surface area contributed by atoms with Gasteiger partial charge >= 0.3 is 5.97 Å². The molecule has 0 saturated carbocycles. The smallest absolute Gasteiger partial charge is 0.339 e. The van der Waals surface area contributed by atoms with Crippen LogP contribution in [0.4, 0.5) is 0 Å². The first-order valence-electron chi connectivity index (χ1n) is 5.51. The van der Waals surface area contributed by atoms with Crippen molar-refractivity contribution >= 4 is 5.97 Å². The van der Waals surface area contributed by atoms with E-state index in [0.717, 1.165) is 12.8 Å². The van der Waals surface area contributed by atoms with Crippen molar-refractivity contribution in [3.63, 3.8) is 0 Å². The number of benzene rings is 1. The van der Waals surface area contributed by atoms with Crippen LogP contribution in [0.1, 0.15) is 23.2 Å². The molecule has 0 aliphatic carbocycles. The van der Waals surface area contributed by atoms with Crippen molar-refractivity contribution in [3.8, 4) is 11.8 Å². The van der Waals surface area contributed by atoms with Gasteiger partial charge in [-0.3, -0.25) is 0 Å².